The van der Waals surface area contributed by atoms with Crippen LogP contribution in [0.4, 0.5) is 0 Å². The van der Waals surface area contributed by atoms with Crippen molar-refractivity contribution in [2.45, 2.75) is 32.1 Å². The molecule has 0 heterocycles. The fraction of sp³-hybridized carbons (Fsp3) is 0.588. The number of hydrogen-bond acceptors (Lipinski definition) is 3. The van der Waals surface area contributed by atoms with Crippen molar-refractivity contribution in [3.8, 4) is 0 Å². The van der Waals surface area contributed by atoms with E-state index in [1.54, 1.807) is 7.11 Å². The van der Waals surface area contributed by atoms with Gasteiger partial charge in [-0.05, 0) is 32.3 Å². The van der Waals surface area contributed by atoms with Gasteiger partial charge in [-0.15, -0.1) is 0 Å². The molecule has 0 aromatic heterocycles. The standard InChI is InChI=1S/C17H26N2O2/c1-13-10-14(2)12-15(11-13)17(4-5-17)16(20)19-7-6-18-8-9-21-3/h10-12,18H,4-9H2,1-3H3,(H,19,20). The second kappa shape index (κ2) is 7.05. The summed E-state index contributed by atoms with van der Waals surface area (Å²) in [6.07, 6.45) is 1.91. The second-order valence-electron chi connectivity index (χ2n) is 5.96. The molecule has 1 amide bonds. The predicted molar refractivity (Wildman–Crippen MR) is 84.6 cm³/mol. The van der Waals surface area contributed by atoms with Crippen LogP contribution in [0.2, 0.25) is 0 Å². The lowest BCUT2D eigenvalue weighted by atomic mass is 9.92. The SMILES string of the molecule is COCCNCCNC(=O)C1(c2cc(C)cc(C)c2)CC1. The summed E-state index contributed by atoms with van der Waals surface area (Å²) in [5.74, 6) is 0.168. The van der Waals surface area contributed by atoms with Gasteiger partial charge in [-0.25, -0.2) is 0 Å². The van der Waals surface area contributed by atoms with Crippen LogP contribution in [-0.4, -0.2) is 39.3 Å². The Morgan fingerprint density at radius 2 is 1.81 bits per heavy atom. The van der Waals surface area contributed by atoms with Gasteiger partial charge in [0.2, 0.25) is 5.91 Å². The average molecular weight is 290 g/mol. The molecular weight excluding hydrogens is 264 g/mol. The second-order valence-corrected chi connectivity index (χ2v) is 5.96. The number of rotatable bonds is 8. The van der Waals surface area contributed by atoms with E-state index in [2.05, 4.69) is 42.7 Å². The molecule has 116 valence electrons. The molecule has 1 fully saturated rings. The zero-order valence-corrected chi connectivity index (χ0v) is 13.3. The van der Waals surface area contributed by atoms with E-state index < -0.39 is 0 Å². The molecule has 2 N–H and O–H groups in total. The molecule has 0 bridgehead atoms. The third kappa shape index (κ3) is 4.05. The Balaban J connectivity index is 1.86. The summed E-state index contributed by atoms with van der Waals surface area (Å²) < 4.78 is 4.96. The third-order valence-corrected chi connectivity index (χ3v) is 4.03. The van der Waals surface area contributed by atoms with Gasteiger partial charge in [-0.3, -0.25) is 4.79 Å². The minimum absolute atomic E-state index is 0.168. The molecule has 1 aliphatic rings. The third-order valence-electron chi connectivity index (χ3n) is 4.03. The Labute approximate surface area is 127 Å². The summed E-state index contributed by atoms with van der Waals surface area (Å²) in [5, 5.41) is 6.29. The minimum atomic E-state index is -0.274. The summed E-state index contributed by atoms with van der Waals surface area (Å²) in [4.78, 5) is 12.5. The Morgan fingerprint density at radius 1 is 1.14 bits per heavy atom. The Morgan fingerprint density at radius 3 is 2.38 bits per heavy atom. The highest BCUT2D eigenvalue weighted by molar-refractivity contribution is 5.91. The van der Waals surface area contributed by atoms with Crippen LogP contribution in [0.15, 0.2) is 18.2 Å². The average Bonchev–Trinajstić information content (AvgIpc) is 3.23. The Kier molecular flexibility index (Phi) is 5.37. The summed E-state index contributed by atoms with van der Waals surface area (Å²) in [6.45, 7) is 7.12. The molecule has 1 saturated carbocycles. The number of ether oxygens (including phenoxy) is 1. The van der Waals surface area contributed by atoms with Crippen LogP contribution < -0.4 is 10.6 Å². The van der Waals surface area contributed by atoms with Gasteiger partial charge in [-0.1, -0.05) is 29.3 Å². The van der Waals surface area contributed by atoms with Gasteiger partial charge in [-0.2, -0.15) is 0 Å². The highest BCUT2D eigenvalue weighted by Gasteiger charge is 2.51. The van der Waals surface area contributed by atoms with E-state index in [4.69, 9.17) is 4.74 Å². The first kappa shape index (κ1) is 16.0. The fourth-order valence-corrected chi connectivity index (χ4v) is 2.76. The molecule has 0 unspecified atom stereocenters. The van der Waals surface area contributed by atoms with E-state index in [1.165, 1.54) is 16.7 Å². The first-order chi connectivity index (χ1) is 10.1. The van der Waals surface area contributed by atoms with Crippen molar-refractivity contribution in [2.24, 2.45) is 0 Å². The van der Waals surface area contributed by atoms with E-state index in [0.717, 1.165) is 25.9 Å². The lowest BCUT2D eigenvalue weighted by molar-refractivity contribution is -0.123. The largest absolute Gasteiger partial charge is 0.383 e. The first-order valence-electron chi connectivity index (χ1n) is 7.65. The number of amides is 1. The van der Waals surface area contributed by atoms with Crippen molar-refractivity contribution in [1.82, 2.24) is 10.6 Å². The highest BCUT2D eigenvalue weighted by atomic mass is 16.5. The van der Waals surface area contributed by atoms with Gasteiger partial charge in [0, 0.05) is 26.7 Å². The minimum Gasteiger partial charge on any atom is -0.383 e. The van der Waals surface area contributed by atoms with Crippen molar-refractivity contribution >= 4 is 5.91 Å². The first-order valence-corrected chi connectivity index (χ1v) is 7.65. The highest BCUT2D eigenvalue weighted by Crippen LogP contribution is 2.48. The number of benzene rings is 1. The molecule has 0 aliphatic heterocycles. The number of aryl methyl sites for hydroxylation is 2. The monoisotopic (exact) mass is 290 g/mol. The summed E-state index contributed by atoms with van der Waals surface area (Å²) in [6, 6.07) is 6.45. The quantitative estimate of drug-likeness (QED) is 0.716. The van der Waals surface area contributed by atoms with Crippen LogP contribution >= 0.6 is 0 Å². The molecule has 4 heteroatoms. The summed E-state index contributed by atoms with van der Waals surface area (Å²) >= 11 is 0. The molecule has 0 saturated heterocycles. The maximum atomic E-state index is 12.5. The number of carbonyl (C=O) groups is 1. The molecule has 21 heavy (non-hydrogen) atoms. The van der Waals surface area contributed by atoms with Gasteiger partial charge in [0.15, 0.2) is 0 Å². The van der Waals surface area contributed by atoms with Crippen LogP contribution in [0.25, 0.3) is 0 Å². The van der Waals surface area contributed by atoms with Crippen molar-refractivity contribution in [1.29, 1.82) is 0 Å². The van der Waals surface area contributed by atoms with Crippen LogP contribution in [0.5, 0.6) is 0 Å². The van der Waals surface area contributed by atoms with Gasteiger partial charge in [0.1, 0.15) is 0 Å². The van der Waals surface area contributed by atoms with Crippen LogP contribution in [0, 0.1) is 13.8 Å². The van der Waals surface area contributed by atoms with E-state index in [-0.39, 0.29) is 11.3 Å². The van der Waals surface area contributed by atoms with Gasteiger partial charge < -0.3 is 15.4 Å². The number of nitrogens with one attached hydrogen (secondary N) is 2. The maximum absolute atomic E-state index is 12.5. The predicted octanol–water partition coefficient (Wildman–Crippen LogP) is 1.69. The Bertz CT molecular complexity index is 475. The van der Waals surface area contributed by atoms with Crippen LogP contribution in [0.3, 0.4) is 0 Å². The Hall–Kier alpha value is -1.39. The van der Waals surface area contributed by atoms with Gasteiger partial charge in [0.25, 0.3) is 0 Å². The molecule has 4 nitrogen and oxygen atoms in total. The molecule has 2 rings (SSSR count). The van der Waals surface area contributed by atoms with E-state index in [1.807, 2.05) is 0 Å². The van der Waals surface area contributed by atoms with Gasteiger partial charge in [0.05, 0.1) is 12.0 Å². The molecule has 1 aliphatic carbocycles. The topological polar surface area (TPSA) is 50.4 Å². The van der Waals surface area contributed by atoms with Gasteiger partial charge >= 0.3 is 0 Å². The normalized spacial score (nSPS) is 15.8. The molecule has 0 atom stereocenters. The van der Waals surface area contributed by atoms with E-state index >= 15 is 0 Å². The van der Waals surface area contributed by atoms with Crippen molar-refractivity contribution in [2.75, 3.05) is 33.4 Å². The number of hydrogen-bond donors (Lipinski definition) is 2. The zero-order chi connectivity index (χ0) is 15.3. The molecule has 0 radical (unpaired) electrons. The summed E-state index contributed by atoms with van der Waals surface area (Å²) in [5.41, 5.74) is 3.35. The lowest BCUT2D eigenvalue weighted by Gasteiger charge is -2.17. The van der Waals surface area contributed by atoms with Crippen molar-refractivity contribution in [3.05, 3.63) is 34.9 Å². The van der Waals surface area contributed by atoms with E-state index in [0.29, 0.717) is 13.2 Å². The summed E-state index contributed by atoms with van der Waals surface area (Å²) in [7, 11) is 1.68. The molecule has 1 aromatic rings. The smallest absolute Gasteiger partial charge is 0.230 e. The fourth-order valence-electron chi connectivity index (χ4n) is 2.76. The van der Waals surface area contributed by atoms with Crippen LogP contribution in [0.1, 0.15) is 29.5 Å². The van der Waals surface area contributed by atoms with E-state index in [9.17, 15) is 4.79 Å². The van der Waals surface area contributed by atoms with Crippen LogP contribution in [-0.2, 0) is 14.9 Å². The molecule has 1 aromatic carbocycles. The molecular formula is C17H26N2O2. The number of carbonyl (C=O) groups excluding carboxylic acids is 1. The van der Waals surface area contributed by atoms with Crippen molar-refractivity contribution in [3.63, 3.8) is 0 Å². The van der Waals surface area contributed by atoms with Crippen molar-refractivity contribution < 1.29 is 9.53 Å². The molecule has 0 spiro atoms. The maximum Gasteiger partial charge on any atom is 0.230 e. The number of methoxy groups -OCH3 is 1. The lowest BCUT2D eigenvalue weighted by Crippen LogP contribution is -2.39. The zero-order valence-electron chi connectivity index (χ0n) is 13.3.